The molecular weight excluding hydrogens is 374 g/mol. The Morgan fingerprint density at radius 1 is 1.29 bits per heavy atom. The SMILES string of the molecule is COCOC1CCN(CC(c2ccccc2)N(C)c2ccc(C#N)cc2Cl)C1. The van der Waals surface area contributed by atoms with E-state index in [1.165, 1.54) is 5.56 Å². The number of nitrogens with zero attached hydrogens (tertiary/aromatic N) is 3. The molecule has 2 unspecified atom stereocenters. The molecule has 148 valence electrons. The van der Waals surface area contributed by atoms with Gasteiger partial charge in [0, 0.05) is 33.8 Å². The van der Waals surface area contributed by atoms with Crippen molar-refractivity contribution in [1.82, 2.24) is 4.90 Å². The van der Waals surface area contributed by atoms with Crippen LogP contribution in [0, 0.1) is 11.3 Å². The Kier molecular flexibility index (Phi) is 7.30. The minimum absolute atomic E-state index is 0.132. The molecule has 6 heteroatoms. The normalized spacial score (nSPS) is 18.0. The minimum atomic E-state index is 0.132. The van der Waals surface area contributed by atoms with Crippen LogP contribution in [0.5, 0.6) is 0 Å². The van der Waals surface area contributed by atoms with Crippen molar-refractivity contribution in [2.24, 2.45) is 0 Å². The highest BCUT2D eigenvalue weighted by atomic mass is 35.5. The molecule has 1 aliphatic rings. The molecule has 1 aliphatic heterocycles. The molecule has 0 aliphatic carbocycles. The second kappa shape index (κ2) is 9.90. The molecule has 0 aromatic heterocycles. The molecule has 0 saturated carbocycles. The molecule has 2 aromatic carbocycles. The molecule has 0 amide bonds. The van der Waals surface area contributed by atoms with Crippen LogP contribution in [-0.2, 0) is 9.47 Å². The predicted molar refractivity (Wildman–Crippen MR) is 112 cm³/mol. The molecule has 2 aromatic rings. The molecule has 0 bridgehead atoms. The third-order valence-electron chi connectivity index (χ3n) is 5.19. The average molecular weight is 400 g/mol. The standard InChI is InChI=1S/C22H26ClN3O2/c1-25(21-9-8-17(13-24)12-20(21)23)22(18-6-4-3-5-7-18)15-26-11-10-19(14-26)28-16-27-2/h3-9,12,19,22H,10-11,14-16H2,1-2H3. The topological polar surface area (TPSA) is 48.7 Å². The van der Waals surface area contributed by atoms with Crippen molar-refractivity contribution in [3.05, 3.63) is 64.7 Å². The predicted octanol–water partition coefficient (Wildman–Crippen LogP) is 4.08. The van der Waals surface area contributed by atoms with Crippen LogP contribution in [0.1, 0.15) is 23.6 Å². The Balaban J connectivity index is 1.79. The maximum Gasteiger partial charge on any atom is 0.146 e. The first-order valence-electron chi connectivity index (χ1n) is 9.42. The summed E-state index contributed by atoms with van der Waals surface area (Å²) in [5.74, 6) is 0. The van der Waals surface area contributed by atoms with Crippen LogP contribution in [0.3, 0.4) is 0 Å². The van der Waals surface area contributed by atoms with Crippen molar-refractivity contribution >= 4 is 17.3 Å². The van der Waals surface area contributed by atoms with Crippen LogP contribution in [0.25, 0.3) is 0 Å². The summed E-state index contributed by atoms with van der Waals surface area (Å²) in [6, 6.07) is 18.2. The Bertz CT molecular complexity index is 809. The van der Waals surface area contributed by atoms with E-state index in [2.05, 4.69) is 47.2 Å². The molecule has 0 radical (unpaired) electrons. The Hall–Kier alpha value is -2.10. The molecule has 0 spiro atoms. The van der Waals surface area contributed by atoms with Crippen LogP contribution in [0.2, 0.25) is 5.02 Å². The number of nitriles is 1. The van der Waals surface area contributed by atoms with E-state index in [1.54, 1.807) is 13.2 Å². The molecule has 2 atom stereocenters. The van der Waals surface area contributed by atoms with Gasteiger partial charge in [0.25, 0.3) is 0 Å². The van der Waals surface area contributed by atoms with E-state index in [1.807, 2.05) is 18.2 Å². The van der Waals surface area contributed by atoms with Crippen LogP contribution in [-0.4, -0.2) is 51.6 Å². The molecule has 5 nitrogen and oxygen atoms in total. The summed E-state index contributed by atoms with van der Waals surface area (Å²) >= 11 is 6.49. The van der Waals surface area contributed by atoms with E-state index < -0.39 is 0 Å². The van der Waals surface area contributed by atoms with Gasteiger partial charge in [-0.1, -0.05) is 41.9 Å². The molecule has 3 rings (SSSR count). The largest absolute Gasteiger partial charge is 0.365 e. The molecule has 1 saturated heterocycles. The van der Waals surface area contributed by atoms with Crippen LogP contribution >= 0.6 is 11.6 Å². The van der Waals surface area contributed by atoms with Crippen molar-refractivity contribution in [2.45, 2.75) is 18.6 Å². The van der Waals surface area contributed by atoms with Crippen molar-refractivity contribution in [3.63, 3.8) is 0 Å². The fourth-order valence-electron chi connectivity index (χ4n) is 3.66. The lowest BCUT2D eigenvalue weighted by molar-refractivity contribution is -0.0671. The van der Waals surface area contributed by atoms with Gasteiger partial charge in [0.05, 0.1) is 34.5 Å². The summed E-state index contributed by atoms with van der Waals surface area (Å²) in [5.41, 5.74) is 2.71. The van der Waals surface area contributed by atoms with E-state index in [0.717, 1.165) is 31.7 Å². The number of halogens is 1. The van der Waals surface area contributed by atoms with Crippen molar-refractivity contribution in [3.8, 4) is 6.07 Å². The van der Waals surface area contributed by atoms with Gasteiger partial charge in [-0.05, 0) is 30.2 Å². The summed E-state index contributed by atoms with van der Waals surface area (Å²) in [5, 5.41) is 9.69. The number of benzene rings is 2. The summed E-state index contributed by atoms with van der Waals surface area (Å²) in [6.07, 6.45) is 1.21. The number of likely N-dealkylation sites (N-methyl/N-ethyl adjacent to an activating group) is 1. The number of hydrogen-bond acceptors (Lipinski definition) is 5. The maximum absolute atomic E-state index is 9.11. The Labute approximate surface area is 172 Å². The Morgan fingerprint density at radius 3 is 2.75 bits per heavy atom. The third kappa shape index (κ3) is 5.03. The summed E-state index contributed by atoms with van der Waals surface area (Å²) in [7, 11) is 3.70. The van der Waals surface area contributed by atoms with Gasteiger partial charge in [-0.25, -0.2) is 0 Å². The maximum atomic E-state index is 9.11. The number of methoxy groups -OCH3 is 1. The second-order valence-electron chi connectivity index (χ2n) is 7.06. The smallest absolute Gasteiger partial charge is 0.146 e. The molecule has 0 N–H and O–H groups in total. The first-order chi connectivity index (χ1) is 13.6. The number of likely N-dealkylation sites (tertiary alicyclic amines) is 1. The monoisotopic (exact) mass is 399 g/mol. The lowest BCUT2D eigenvalue weighted by Gasteiger charge is -2.34. The van der Waals surface area contributed by atoms with Gasteiger partial charge in [-0.15, -0.1) is 0 Å². The van der Waals surface area contributed by atoms with Crippen LogP contribution in [0.4, 0.5) is 5.69 Å². The zero-order valence-corrected chi connectivity index (χ0v) is 17.1. The van der Waals surface area contributed by atoms with Crippen molar-refractivity contribution in [1.29, 1.82) is 5.26 Å². The Morgan fingerprint density at radius 2 is 2.07 bits per heavy atom. The highest BCUT2D eigenvalue weighted by Crippen LogP contribution is 2.33. The molecule has 1 fully saturated rings. The van der Waals surface area contributed by atoms with E-state index in [4.69, 9.17) is 26.3 Å². The number of ether oxygens (including phenoxy) is 2. The number of rotatable bonds is 8. The highest BCUT2D eigenvalue weighted by Gasteiger charge is 2.28. The van der Waals surface area contributed by atoms with Crippen molar-refractivity contribution in [2.75, 3.05) is 45.5 Å². The highest BCUT2D eigenvalue weighted by molar-refractivity contribution is 6.33. The van der Waals surface area contributed by atoms with E-state index in [9.17, 15) is 0 Å². The van der Waals surface area contributed by atoms with Gasteiger partial charge >= 0.3 is 0 Å². The minimum Gasteiger partial charge on any atom is -0.365 e. The molecule has 1 heterocycles. The van der Waals surface area contributed by atoms with E-state index in [0.29, 0.717) is 17.4 Å². The zero-order chi connectivity index (χ0) is 19.9. The van der Waals surface area contributed by atoms with Gasteiger partial charge in [-0.2, -0.15) is 5.26 Å². The van der Waals surface area contributed by atoms with Gasteiger partial charge in [0.2, 0.25) is 0 Å². The lowest BCUT2D eigenvalue weighted by atomic mass is 10.0. The third-order valence-corrected chi connectivity index (χ3v) is 5.49. The van der Waals surface area contributed by atoms with E-state index >= 15 is 0 Å². The van der Waals surface area contributed by atoms with Crippen LogP contribution in [0.15, 0.2) is 48.5 Å². The summed E-state index contributed by atoms with van der Waals surface area (Å²) in [6.45, 7) is 3.08. The summed E-state index contributed by atoms with van der Waals surface area (Å²) < 4.78 is 10.8. The first kappa shape index (κ1) is 20.6. The number of anilines is 1. The molecule has 28 heavy (non-hydrogen) atoms. The summed E-state index contributed by atoms with van der Waals surface area (Å²) in [4.78, 5) is 4.62. The van der Waals surface area contributed by atoms with Gasteiger partial charge in [0.1, 0.15) is 6.79 Å². The zero-order valence-electron chi connectivity index (χ0n) is 16.3. The average Bonchev–Trinajstić information content (AvgIpc) is 3.18. The van der Waals surface area contributed by atoms with Gasteiger partial charge in [-0.3, -0.25) is 4.90 Å². The van der Waals surface area contributed by atoms with Gasteiger partial charge in [0.15, 0.2) is 0 Å². The second-order valence-corrected chi connectivity index (χ2v) is 7.47. The fraction of sp³-hybridized carbons (Fsp3) is 0.409. The first-order valence-corrected chi connectivity index (χ1v) is 9.80. The van der Waals surface area contributed by atoms with Crippen molar-refractivity contribution < 1.29 is 9.47 Å². The quantitative estimate of drug-likeness (QED) is 0.626. The van der Waals surface area contributed by atoms with Crippen LogP contribution < -0.4 is 4.90 Å². The molecular formula is C22H26ClN3O2. The number of hydrogen-bond donors (Lipinski definition) is 0. The van der Waals surface area contributed by atoms with Gasteiger partial charge < -0.3 is 14.4 Å². The van der Waals surface area contributed by atoms with E-state index in [-0.39, 0.29) is 12.1 Å². The lowest BCUT2D eigenvalue weighted by Crippen LogP contribution is -2.36. The fourth-order valence-corrected chi connectivity index (χ4v) is 3.98.